The third-order valence-electron chi connectivity index (χ3n) is 3.86. The predicted molar refractivity (Wildman–Crippen MR) is 83.6 cm³/mol. The van der Waals surface area contributed by atoms with E-state index in [-0.39, 0.29) is 24.3 Å². The van der Waals surface area contributed by atoms with Crippen molar-refractivity contribution in [2.24, 2.45) is 5.92 Å². The zero-order chi connectivity index (χ0) is 16.4. The van der Waals surface area contributed by atoms with Crippen molar-refractivity contribution in [2.45, 2.75) is 0 Å². The van der Waals surface area contributed by atoms with Crippen LogP contribution in [0.4, 0.5) is 4.79 Å². The van der Waals surface area contributed by atoms with Crippen LogP contribution in [0.5, 0.6) is 0 Å². The lowest BCUT2D eigenvalue weighted by molar-refractivity contribution is -0.133. The number of nitrogens with zero attached hydrogens (tertiary/aromatic N) is 2. The summed E-state index contributed by atoms with van der Waals surface area (Å²) >= 11 is 6.02. The number of benzene rings is 1. The molecule has 23 heavy (non-hydrogen) atoms. The Kier molecular flexibility index (Phi) is 4.34. The number of amides is 3. The number of carbonyl (C=O) groups excluding carboxylic acids is 3. The van der Waals surface area contributed by atoms with Gasteiger partial charge in [-0.1, -0.05) is 29.8 Å². The minimum atomic E-state index is -0.599. The number of halogens is 1. The molecule has 0 saturated carbocycles. The summed E-state index contributed by atoms with van der Waals surface area (Å²) in [6, 6.07) is 7.27. The molecule has 0 radical (unpaired) electrons. The molecular weight excluding hydrogens is 320 g/mol. The largest absolute Gasteiger partial charge is 0.439 e. The van der Waals surface area contributed by atoms with Crippen LogP contribution in [0, 0.1) is 5.92 Å². The molecule has 0 aliphatic carbocycles. The van der Waals surface area contributed by atoms with Gasteiger partial charge in [0.05, 0.1) is 0 Å². The monoisotopic (exact) mass is 334 g/mol. The average molecular weight is 335 g/mol. The zero-order valence-corrected chi connectivity index (χ0v) is 13.0. The first-order valence-corrected chi connectivity index (χ1v) is 7.61. The summed E-state index contributed by atoms with van der Waals surface area (Å²) in [5.74, 6) is -0.336. The highest BCUT2D eigenvalue weighted by Gasteiger charge is 2.37. The number of cyclic esters (lactones) is 1. The lowest BCUT2D eigenvalue weighted by Gasteiger charge is -2.39. The second-order valence-corrected chi connectivity index (χ2v) is 5.93. The van der Waals surface area contributed by atoms with E-state index in [1.165, 1.54) is 6.08 Å². The number of hydrogen-bond acceptors (Lipinski definition) is 4. The molecule has 0 bridgehead atoms. The minimum Gasteiger partial charge on any atom is -0.439 e. The summed E-state index contributed by atoms with van der Waals surface area (Å²) in [5.41, 5.74) is 0.782. The first-order valence-electron chi connectivity index (χ1n) is 7.23. The van der Waals surface area contributed by atoms with Crippen LogP contribution in [0.15, 0.2) is 30.3 Å². The number of carbonyl (C=O) groups is 3. The number of imide groups is 1. The average Bonchev–Trinajstić information content (AvgIpc) is 2.80. The van der Waals surface area contributed by atoms with Gasteiger partial charge in [-0.15, -0.1) is 0 Å². The molecule has 6 nitrogen and oxygen atoms in total. The van der Waals surface area contributed by atoms with Gasteiger partial charge in [-0.05, 0) is 17.7 Å². The van der Waals surface area contributed by atoms with Crippen molar-refractivity contribution in [1.82, 2.24) is 9.80 Å². The van der Waals surface area contributed by atoms with E-state index in [1.54, 1.807) is 17.0 Å². The Labute approximate surface area is 138 Å². The van der Waals surface area contributed by atoms with Crippen molar-refractivity contribution in [3.05, 3.63) is 40.9 Å². The third-order valence-corrected chi connectivity index (χ3v) is 4.21. The molecule has 3 amide bonds. The van der Waals surface area contributed by atoms with Crippen LogP contribution in [-0.4, -0.2) is 53.9 Å². The van der Waals surface area contributed by atoms with Gasteiger partial charge in [0.2, 0.25) is 5.91 Å². The number of rotatable bonds is 4. The number of ether oxygens (including phenoxy) is 1. The van der Waals surface area contributed by atoms with Crippen LogP contribution >= 0.6 is 11.6 Å². The van der Waals surface area contributed by atoms with Gasteiger partial charge in [0.1, 0.15) is 0 Å². The summed E-state index contributed by atoms with van der Waals surface area (Å²) in [6.45, 7) is 1.15. The van der Waals surface area contributed by atoms with Crippen molar-refractivity contribution in [1.29, 1.82) is 0 Å². The van der Waals surface area contributed by atoms with E-state index in [4.69, 9.17) is 11.6 Å². The minimum absolute atomic E-state index is 0.0993. The summed E-state index contributed by atoms with van der Waals surface area (Å²) in [5, 5.41) is 0.587. The normalized spacial score (nSPS) is 18.5. The molecule has 1 aromatic carbocycles. The molecule has 2 heterocycles. The molecule has 0 atom stereocenters. The molecule has 0 spiro atoms. The Hall–Kier alpha value is -2.34. The molecule has 0 aromatic heterocycles. The fraction of sp³-hybridized carbons (Fsp3) is 0.312. The van der Waals surface area contributed by atoms with Crippen molar-refractivity contribution in [3.8, 4) is 0 Å². The van der Waals surface area contributed by atoms with Crippen LogP contribution in [-0.2, 0) is 14.3 Å². The van der Waals surface area contributed by atoms with Crippen molar-refractivity contribution < 1.29 is 19.1 Å². The number of likely N-dealkylation sites (tertiary alicyclic amines) is 1. The van der Waals surface area contributed by atoms with Crippen LogP contribution in [0.25, 0.3) is 6.08 Å². The zero-order valence-electron chi connectivity index (χ0n) is 12.3. The highest BCUT2D eigenvalue weighted by atomic mass is 35.5. The topological polar surface area (TPSA) is 66.9 Å². The highest BCUT2D eigenvalue weighted by molar-refractivity contribution is 6.32. The second-order valence-electron chi connectivity index (χ2n) is 5.52. The van der Waals surface area contributed by atoms with E-state index in [0.29, 0.717) is 24.7 Å². The third kappa shape index (κ3) is 3.37. The molecule has 7 heteroatoms. The van der Waals surface area contributed by atoms with Crippen molar-refractivity contribution >= 4 is 35.6 Å². The fourth-order valence-electron chi connectivity index (χ4n) is 2.56. The molecule has 2 aliphatic rings. The fourth-order valence-corrected chi connectivity index (χ4v) is 2.76. The Morgan fingerprint density at radius 3 is 2.70 bits per heavy atom. The SMILES string of the molecule is O=C(/C=C/c1ccccc1Cl)N1CC(CN2C(=O)COC2=O)C1. The molecule has 120 valence electrons. The molecule has 0 unspecified atom stereocenters. The van der Waals surface area contributed by atoms with Gasteiger partial charge >= 0.3 is 6.09 Å². The van der Waals surface area contributed by atoms with Crippen LogP contribution < -0.4 is 0 Å². The standard InChI is InChI=1S/C16H15ClN2O4/c17-13-4-2-1-3-12(13)5-6-14(20)18-7-11(8-18)9-19-15(21)10-23-16(19)22/h1-6,11H,7-10H2/b6-5+. The van der Waals surface area contributed by atoms with Crippen LogP contribution in [0.1, 0.15) is 5.56 Å². The first kappa shape index (κ1) is 15.6. The van der Waals surface area contributed by atoms with Crippen LogP contribution in [0.3, 0.4) is 0 Å². The Balaban J connectivity index is 1.49. The molecule has 0 N–H and O–H groups in total. The van der Waals surface area contributed by atoms with E-state index < -0.39 is 6.09 Å². The lowest BCUT2D eigenvalue weighted by Crippen LogP contribution is -2.54. The predicted octanol–water partition coefficient (Wildman–Crippen LogP) is 1.79. The quantitative estimate of drug-likeness (QED) is 0.787. The Bertz CT molecular complexity index is 666. The summed E-state index contributed by atoms with van der Waals surface area (Å²) in [6.07, 6.45) is 2.56. The number of hydrogen-bond donors (Lipinski definition) is 0. The Morgan fingerprint density at radius 2 is 2.04 bits per heavy atom. The molecule has 2 fully saturated rings. The van der Waals surface area contributed by atoms with Gasteiger partial charge in [0.25, 0.3) is 5.91 Å². The van der Waals surface area contributed by atoms with Crippen molar-refractivity contribution in [2.75, 3.05) is 26.2 Å². The smallest absolute Gasteiger partial charge is 0.417 e. The highest BCUT2D eigenvalue weighted by Crippen LogP contribution is 2.21. The molecular formula is C16H15ClN2O4. The van der Waals surface area contributed by atoms with E-state index in [1.807, 2.05) is 18.2 Å². The molecule has 3 rings (SSSR count). The molecule has 1 aromatic rings. The van der Waals surface area contributed by atoms with Gasteiger partial charge in [-0.25, -0.2) is 9.69 Å². The van der Waals surface area contributed by atoms with E-state index in [2.05, 4.69) is 4.74 Å². The van der Waals surface area contributed by atoms with E-state index in [9.17, 15) is 14.4 Å². The van der Waals surface area contributed by atoms with Gasteiger partial charge in [0, 0.05) is 36.7 Å². The van der Waals surface area contributed by atoms with Gasteiger partial charge in [0.15, 0.2) is 6.61 Å². The van der Waals surface area contributed by atoms with Crippen LogP contribution in [0.2, 0.25) is 5.02 Å². The summed E-state index contributed by atoms with van der Waals surface area (Å²) in [7, 11) is 0. The summed E-state index contributed by atoms with van der Waals surface area (Å²) in [4.78, 5) is 37.6. The Morgan fingerprint density at radius 1 is 1.30 bits per heavy atom. The van der Waals surface area contributed by atoms with Gasteiger partial charge < -0.3 is 9.64 Å². The maximum absolute atomic E-state index is 12.0. The van der Waals surface area contributed by atoms with Gasteiger partial charge in [-0.2, -0.15) is 0 Å². The molecule has 2 aliphatic heterocycles. The lowest BCUT2D eigenvalue weighted by atomic mass is 9.99. The van der Waals surface area contributed by atoms with E-state index in [0.717, 1.165) is 10.5 Å². The summed E-state index contributed by atoms with van der Waals surface area (Å²) < 4.78 is 4.65. The maximum atomic E-state index is 12.0. The first-order chi connectivity index (χ1) is 11.0. The molecule has 2 saturated heterocycles. The maximum Gasteiger partial charge on any atom is 0.417 e. The van der Waals surface area contributed by atoms with Crippen molar-refractivity contribution in [3.63, 3.8) is 0 Å². The van der Waals surface area contributed by atoms with Gasteiger partial charge in [-0.3, -0.25) is 9.59 Å². The van der Waals surface area contributed by atoms with E-state index >= 15 is 0 Å². The second kappa shape index (κ2) is 6.42.